The second-order valence-electron chi connectivity index (χ2n) is 19.5. The highest BCUT2D eigenvalue weighted by Gasteiger charge is 2.37. The van der Waals surface area contributed by atoms with Crippen molar-refractivity contribution in [2.24, 2.45) is 39.9 Å². The van der Waals surface area contributed by atoms with Crippen LogP contribution in [-0.4, -0.2) is 144 Å². The first-order valence-corrected chi connectivity index (χ1v) is 26.2. The third-order valence-electron chi connectivity index (χ3n) is 12.3. The lowest BCUT2D eigenvalue weighted by Crippen LogP contribution is -2.61. The summed E-state index contributed by atoms with van der Waals surface area (Å²) in [5.41, 5.74) is 18.6. The van der Waals surface area contributed by atoms with Gasteiger partial charge in [0.15, 0.2) is 5.96 Å². The van der Waals surface area contributed by atoms with Crippen LogP contribution in [0.3, 0.4) is 0 Å². The summed E-state index contributed by atoms with van der Waals surface area (Å²) in [6, 6.07) is 5.81. The van der Waals surface area contributed by atoms with Crippen LogP contribution in [0.1, 0.15) is 91.7 Å². The van der Waals surface area contributed by atoms with E-state index >= 15 is 0 Å². The molecule has 0 heterocycles. The Labute approximate surface area is 455 Å². The van der Waals surface area contributed by atoms with Crippen molar-refractivity contribution in [3.05, 3.63) is 71.8 Å². The predicted octanol–water partition coefficient (Wildman–Crippen LogP) is -0.923. The van der Waals surface area contributed by atoms with E-state index in [0.717, 1.165) is 5.56 Å². The Bertz CT molecular complexity index is 2320. The maximum atomic E-state index is 14.3. The maximum absolute atomic E-state index is 14.3. The van der Waals surface area contributed by atoms with Crippen molar-refractivity contribution in [1.29, 1.82) is 0 Å². The molecule has 0 aliphatic heterocycles. The fourth-order valence-corrected chi connectivity index (χ4v) is 7.93. The van der Waals surface area contributed by atoms with E-state index in [2.05, 4.69) is 60.2 Å². The molecule has 0 spiro atoms. The lowest BCUT2D eigenvalue weighted by molar-refractivity contribution is -0.147. The molecular formula is C52H80N12O12S. The molecule has 426 valence electrons. The van der Waals surface area contributed by atoms with E-state index in [-0.39, 0.29) is 62.2 Å². The number of carboxylic acids is 1. The van der Waals surface area contributed by atoms with E-state index in [0.29, 0.717) is 12.0 Å². The standard InChI is InChI=1S/C52H80N12O12S/c1-9-30(6)42(50(74)63-41(29(4)5)51(75)76-8)64-49(73)39(27-77)62-46(70)36(23-28(2)3)60-48(72)38(26-40(65)66)61-45(69)35(21-16-22-56-52(54)55)58-47(71)37(25-33-19-14-11-15-20-33)59-43(67)31(7)57-44(68)34(53)24-32-17-12-10-13-18-32/h10-15,17-20,28-31,34-39,41-42,77H,9,16,21-27,53H2,1-8H3,(H,57,68)(H,58,71)(H,59,67)(H,60,72)(H,61,69)(H,62,70)(H,63,74)(H,64,73)(H,65,66)(H4,54,55,56)/t30-,31-,34-,35-,36-,37-,38-,39-,41-,42-/m0/s1. The highest BCUT2D eigenvalue weighted by atomic mass is 32.1. The first-order valence-electron chi connectivity index (χ1n) is 25.5. The number of carboxylic acid groups (broad SMARTS) is 1. The average molecular weight is 1100 g/mol. The van der Waals surface area contributed by atoms with Crippen molar-refractivity contribution in [3.63, 3.8) is 0 Å². The van der Waals surface area contributed by atoms with Crippen LogP contribution in [0.4, 0.5) is 0 Å². The lowest BCUT2D eigenvalue weighted by atomic mass is 9.96. The first-order chi connectivity index (χ1) is 36.3. The number of nitrogens with two attached hydrogens (primary N) is 3. The van der Waals surface area contributed by atoms with Crippen LogP contribution in [-0.2, 0) is 65.5 Å². The molecule has 25 heteroatoms. The van der Waals surface area contributed by atoms with E-state index in [1.54, 1.807) is 96.1 Å². The van der Waals surface area contributed by atoms with Gasteiger partial charge in [0.25, 0.3) is 0 Å². The Hall–Kier alpha value is -7.28. The maximum Gasteiger partial charge on any atom is 0.328 e. The molecular weight excluding hydrogens is 1020 g/mol. The summed E-state index contributed by atoms with van der Waals surface area (Å²) in [6.45, 7) is 11.8. The topological polar surface area (TPSA) is 387 Å². The Morgan fingerprint density at radius 3 is 1.60 bits per heavy atom. The minimum absolute atomic E-state index is 0.00833. The third kappa shape index (κ3) is 23.7. The molecule has 0 fully saturated rings. The molecule has 0 aliphatic rings. The molecule has 0 bridgehead atoms. The number of thiol groups is 1. The average Bonchev–Trinajstić information content (AvgIpc) is 3.38. The number of amides is 8. The number of aliphatic carboxylic acids is 1. The number of hydrogen-bond donors (Lipinski definition) is 13. The van der Waals surface area contributed by atoms with Gasteiger partial charge in [0.05, 0.1) is 19.6 Å². The van der Waals surface area contributed by atoms with E-state index in [4.69, 9.17) is 21.9 Å². The number of ether oxygens (including phenoxy) is 1. The van der Waals surface area contributed by atoms with Crippen LogP contribution >= 0.6 is 12.6 Å². The van der Waals surface area contributed by atoms with Gasteiger partial charge in [-0.1, -0.05) is 109 Å². The molecule has 2 aromatic carbocycles. The fraction of sp³-hybridized carbons (Fsp3) is 0.558. The molecule has 0 saturated heterocycles. The zero-order valence-corrected chi connectivity index (χ0v) is 46.0. The number of esters is 1. The summed E-state index contributed by atoms with van der Waals surface area (Å²) in [5, 5.41) is 30.5. The summed E-state index contributed by atoms with van der Waals surface area (Å²) in [6.07, 6.45) is -0.558. The second kappa shape index (κ2) is 33.7. The number of benzene rings is 2. The van der Waals surface area contributed by atoms with Gasteiger partial charge >= 0.3 is 11.9 Å². The Balaban J connectivity index is 2.40. The SMILES string of the molecule is CC[C@H](C)[C@H](NC(=O)[C@H](CS)NC(=O)[C@H](CC(C)C)NC(=O)[C@H](CC(=O)O)NC(=O)[C@H](CCCN=C(N)N)NC(=O)[C@H](Cc1ccccc1)NC(=O)[C@H](C)NC(=O)[C@@H](N)Cc1ccccc1)C(=O)N[C@H](C(=O)OC)C(C)C. The zero-order chi connectivity index (χ0) is 57.9. The summed E-state index contributed by atoms with van der Waals surface area (Å²) >= 11 is 4.27. The Morgan fingerprint density at radius 2 is 1.08 bits per heavy atom. The van der Waals surface area contributed by atoms with E-state index in [9.17, 15) is 53.1 Å². The Morgan fingerprint density at radius 1 is 0.597 bits per heavy atom. The number of carbonyl (C=O) groups excluding carboxylic acids is 9. The molecule has 0 radical (unpaired) electrons. The van der Waals surface area contributed by atoms with Crippen molar-refractivity contribution >= 4 is 77.8 Å². The monoisotopic (exact) mass is 1100 g/mol. The van der Waals surface area contributed by atoms with Crippen LogP contribution in [0.25, 0.3) is 0 Å². The number of carbonyl (C=O) groups is 10. The van der Waals surface area contributed by atoms with Gasteiger partial charge in [-0.25, -0.2) is 4.79 Å². The number of methoxy groups -OCH3 is 1. The zero-order valence-electron chi connectivity index (χ0n) is 45.1. The van der Waals surface area contributed by atoms with E-state index in [1.165, 1.54) is 14.0 Å². The quantitative estimate of drug-likeness (QED) is 0.0135. The van der Waals surface area contributed by atoms with Crippen molar-refractivity contribution in [2.45, 2.75) is 148 Å². The van der Waals surface area contributed by atoms with Gasteiger partial charge in [-0.2, -0.15) is 12.6 Å². The number of hydrogen-bond acceptors (Lipinski definition) is 14. The molecule has 0 aliphatic carbocycles. The molecule has 0 unspecified atom stereocenters. The van der Waals surface area contributed by atoms with Crippen LogP contribution in [0.5, 0.6) is 0 Å². The third-order valence-corrected chi connectivity index (χ3v) is 12.6. The number of nitrogens with one attached hydrogen (secondary N) is 8. The molecule has 77 heavy (non-hydrogen) atoms. The van der Waals surface area contributed by atoms with Gasteiger partial charge in [-0.3, -0.25) is 48.1 Å². The van der Waals surface area contributed by atoms with Crippen molar-refractivity contribution in [2.75, 3.05) is 19.4 Å². The van der Waals surface area contributed by atoms with E-state index < -0.39 is 126 Å². The molecule has 0 saturated carbocycles. The van der Waals surface area contributed by atoms with Gasteiger partial charge in [0.2, 0.25) is 47.3 Å². The van der Waals surface area contributed by atoms with Crippen molar-refractivity contribution in [1.82, 2.24) is 42.5 Å². The largest absolute Gasteiger partial charge is 0.481 e. The van der Waals surface area contributed by atoms with Gasteiger partial charge in [0, 0.05) is 18.7 Å². The minimum atomic E-state index is -1.84. The van der Waals surface area contributed by atoms with Crippen molar-refractivity contribution < 1.29 is 57.8 Å². The predicted molar refractivity (Wildman–Crippen MR) is 291 cm³/mol. The number of guanidine groups is 1. The summed E-state index contributed by atoms with van der Waals surface area (Å²) < 4.78 is 4.84. The van der Waals surface area contributed by atoms with Crippen LogP contribution < -0.4 is 59.7 Å². The Kier molecular flexibility index (Phi) is 28.8. The van der Waals surface area contributed by atoms with Gasteiger partial charge in [-0.05, 0) is 61.5 Å². The van der Waals surface area contributed by atoms with Gasteiger partial charge in [-0.15, -0.1) is 0 Å². The lowest BCUT2D eigenvalue weighted by Gasteiger charge is -2.29. The molecule has 10 atom stereocenters. The summed E-state index contributed by atoms with van der Waals surface area (Å²) in [5.74, 6) is -10.5. The minimum Gasteiger partial charge on any atom is -0.481 e. The molecule has 2 rings (SSSR count). The molecule has 15 N–H and O–H groups in total. The van der Waals surface area contributed by atoms with Crippen LogP contribution in [0, 0.1) is 17.8 Å². The highest BCUT2D eigenvalue weighted by molar-refractivity contribution is 7.80. The smallest absolute Gasteiger partial charge is 0.328 e. The summed E-state index contributed by atoms with van der Waals surface area (Å²) in [7, 11) is 1.18. The second-order valence-corrected chi connectivity index (χ2v) is 19.9. The highest BCUT2D eigenvalue weighted by Crippen LogP contribution is 2.14. The fourth-order valence-electron chi connectivity index (χ4n) is 7.67. The van der Waals surface area contributed by atoms with Crippen LogP contribution in [0.15, 0.2) is 65.7 Å². The molecule has 0 aromatic heterocycles. The number of nitrogens with zero attached hydrogens (tertiary/aromatic N) is 1. The van der Waals surface area contributed by atoms with Gasteiger partial charge < -0.3 is 69.6 Å². The van der Waals surface area contributed by atoms with Gasteiger partial charge in [0.1, 0.15) is 48.3 Å². The van der Waals surface area contributed by atoms with Crippen LogP contribution in [0.2, 0.25) is 0 Å². The van der Waals surface area contributed by atoms with E-state index in [1.807, 2.05) is 6.07 Å². The first kappa shape index (κ1) is 65.8. The van der Waals surface area contributed by atoms with Crippen molar-refractivity contribution in [3.8, 4) is 0 Å². The molecule has 2 aromatic rings. The normalized spacial score (nSPS) is 15.0. The number of rotatable bonds is 33. The molecule has 8 amide bonds. The molecule has 24 nitrogen and oxygen atoms in total. The summed E-state index contributed by atoms with van der Waals surface area (Å²) in [4.78, 5) is 139. The number of aliphatic imine (C=N–C) groups is 1.